The van der Waals surface area contributed by atoms with Crippen molar-refractivity contribution in [3.05, 3.63) is 84.6 Å². The molecular weight excluding hydrogens is 414 g/mol. The fourth-order valence-electron chi connectivity index (χ4n) is 3.55. The summed E-state index contributed by atoms with van der Waals surface area (Å²) in [7, 11) is 0. The molecule has 0 bridgehead atoms. The SMILES string of the molecule is NCCCOCc1ccc2c(N)ncc(-c3ccc(NC(=O)Nc4ccccc4)cc3)c2c1. The van der Waals surface area contributed by atoms with E-state index >= 15 is 0 Å². The average molecular weight is 442 g/mol. The Kier molecular flexibility index (Phi) is 7.14. The van der Waals surface area contributed by atoms with Gasteiger partial charge < -0.3 is 26.8 Å². The fraction of sp³-hybridized carbons (Fsp3) is 0.154. The first-order chi connectivity index (χ1) is 16.1. The number of nitrogens with one attached hydrogen (secondary N) is 2. The fourth-order valence-corrected chi connectivity index (χ4v) is 3.55. The first-order valence-electron chi connectivity index (χ1n) is 10.8. The van der Waals surface area contributed by atoms with Crippen LogP contribution in [0, 0.1) is 0 Å². The van der Waals surface area contributed by atoms with Crippen molar-refractivity contribution in [1.29, 1.82) is 0 Å². The number of carbonyl (C=O) groups is 1. The second kappa shape index (κ2) is 10.6. The Labute approximate surface area is 192 Å². The summed E-state index contributed by atoms with van der Waals surface area (Å²) in [6.07, 6.45) is 2.61. The quantitative estimate of drug-likeness (QED) is 0.287. The summed E-state index contributed by atoms with van der Waals surface area (Å²) >= 11 is 0. The third-order valence-corrected chi connectivity index (χ3v) is 5.23. The molecule has 6 N–H and O–H groups in total. The zero-order valence-corrected chi connectivity index (χ0v) is 18.3. The monoisotopic (exact) mass is 441 g/mol. The molecule has 4 rings (SSSR count). The number of nitrogens with two attached hydrogens (primary N) is 2. The molecule has 2 amide bonds. The Bertz CT molecular complexity index is 1230. The van der Waals surface area contributed by atoms with Crippen LogP contribution in [-0.4, -0.2) is 24.2 Å². The Balaban J connectivity index is 1.52. The van der Waals surface area contributed by atoms with Gasteiger partial charge in [0.25, 0.3) is 0 Å². The molecule has 4 aromatic rings. The maximum Gasteiger partial charge on any atom is 0.323 e. The van der Waals surface area contributed by atoms with Gasteiger partial charge in [-0.25, -0.2) is 9.78 Å². The van der Waals surface area contributed by atoms with Gasteiger partial charge in [-0.15, -0.1) is 0 Å². The van der Waals surface area contributed by atoms with Gasteiger partial charge in [0, 0.05) is 35.1 Å². The van der Waals surface area contributed by atoms with Crippen molar-refractivity contribution in [3.63, 3.8) is 0 Å². The molecule has 0 unspecified atom stereocenters. The van der Waals surface area contributed by atoms with Gasteiger partial charge in [-0.3, -0.25) is 0 Å². The maximum absolute atomic E-state index is 12.2. The van der Waals surface area contributed by atoms with Crippen LogP contribution in [0.2, 0.25) is 0 Å². The number of nitrogens with zero attached hydrogens (tertiary/aromatic N) is 1. The van der Waals surface area contributed by atoms with Crippen molar-refractivity contribution in [2.75, 3.05) is 29.5 Å². The molecule has 0 aliphatic rings. The van der Waals surface area contributed by atoms with Crippen LogP contribution in [0.5, 0.6) is 0 Å². The van der Waals surface area contributed by atoms with Crippen LogP contribution in [0.4, 0.5) is 22.0 Å². The van der Waals surface area contributed by atoms with Crippen LogP contribution in [0.3, 0.4) is 0 Å². The number of aromatic nitrogens is 1. The van der Waals surface area contributed by atoms with Gasteiger partial charge in [0.15, 0.2) is 0 Å². The third-order valence-electron chi connectivity index (χ3n) is 5.23. The van der Waals surface area contributed by atoms with Gasteiger partial charge >= 0.3 is 6.03 Å². The summed E-state index contributed by atoms with van der Waals surface area (Å²) < 4.78 is 5.71. The van der Waals surface area contributed by atoms with Crippen molar-refractivity contribution in [2.45, 2.75) is 13.0 Å². The third kappa shape index (κ3) is 5.65. The number of hydrogen-bond acceptors (Lipinski definition) is 5. The molecule has 0 radical (unpaired) electrons. The molecule has 1 aromatic heterocycles. The molecule has 33 heavy (non-hydrogen) atoms. The van der Waals surface area contributed by atoms with Gasteiger partial charge in [0.2, 0.25) is 0 Å². The van der Waals surface area contributed by atoms with Crippen LogP contribution in [0.15, 0.2) is 79.0 Å². The van der Waals surface area contributed by atoms with E-state index in [1.807, 2.05) is 66.7 Å². The van der Waals surface area contributed by atoms with Crippen molar-refractivity contribution < 1.29 is 9.53 Å². The lowest BCUT2D eigenvalue weighted by atomic mass is 9.98. The van der Waals surface area contributed by atoms with E-state index in [1.165, 1.54) is 0 Å². The average Bonchev–Trinajstić information content (AvgIpc) is 2.83. The van der Waals surface area contributed by atoms with Crippen molar-refractivity contribution >= 4 is 34.0 Å². The largest absolute Gasteiger partial charge is 0.383 e. The van der Waals surface area contributed by atoms with Gasteiger partial charge in [-0.05, 0) is 59.8 Å². The molecule has 168 valence electrons. The highest BCUT2D eigenvalue weighted by Gasteiger charge is 2.10. The van der Waals surface area contributed by atoms with Crippen molar-refractivity contribution in [1.82, 2.24) is 4.98 Å². The molecule has 0 saturated heterocycles. The van der Waals surface area contributed by atoms with Crippen LogP contribution < -0.4 is 22.1 Å². The van der Waals surface area contributed by atoms with E-state index in [0.29, 0.717) is 31.3 Å². The Hall–Kier alpha value is -3.94. The lowest BCUT2D eigenvalue weighted by Gasteiger charge is -2.12. The minimum absolute atomic E-state index is 0.298. The van der Waals surface area contributed by atoms with Crippen molar-refractivity contribution in [2.24, 2.45) is 5.73 Å². The highest BCUT2D eigenvalue weighted by Crippen LogP contribution is 2.32. The number of anilines is 3. The summed E-state index contributed by atoms with van der Waals surface area (Å²) in [5, 5.41) is 7.55. The highest BCUT2D eigenvalue weighted by molar-refractivity contribution is 6.02. The van der Waals surface area contributed by atoms with Crippen LogP contribution in [-0.2, 0) is 11.3 Å². The molecular formula is C26H27N5O2. The Morgan fingerprint density at radius 3 is 2.36 bits per heavy atom. The Morgan fingerprint density at radius 1 is 0.909 bits per heavy atom. The smallest absolute Gasteiger partial charge is 0.323 e. The lowest BCUT2D eigenvalue weighted by Crippen LogP contribution is -2.19. The molecule has 0 fully saturated rings. The summed E-state index contributed by atoms with van der Waals surface area (Å²) in [6.45, 7) is 1.76. The number of fused-ring (bicyclic) bond motifs is 1. The minimum atomic E-state index is -0.298. The zero-order chi connectivity index (χ0) is 23.0. The van der Waals surface area contributed by atoms with Crippen LogP contribution in [0.25, 0.3) is 21.9 Å². The molecule has 3 aromatic carbocycles. The van der Waals surface area contributed by atoms with E-state index < -0.39 is 0 Å². The summed E-state index contributed by atoms with van der Waals surface area (Å²) in [4.78, 5) is 16.6. The van der Waals surface area contributed by atoms with Crippen molar-refractivity contribution in [3.8, 4) is 11.1 Å². The van der Waals surface area contributed by atoms with E-state index in [9.17, 15) is 4.79 Å². The number of urea groups is 1. The molecule has 0 atom stereocenters. The second-order valence-corrected chi connectivity index (χ2v) is 7.65. The molecule has 0 aliphatic carbocycles. The Morgan fingerprint density at radius 2 is 1.64 bits per heavy atom. The molecule has 0 saturated carbocycles. The standard InChI is InChI=1S/C26H27N5O2/c27-13-4-14-33-17-18-7-12-22-23(15-18)24(16-29-25(22)28)19-8-10-21(11-9-19)31-26(32)30-20-5-2-1-3-6-20/h1-3,5-12,15-16H,4,13-14,17,27H2,(H2,28,29)(H2,30,31,32). The number of amides is 2. The number of hydrogen-bond donors (Lipinski definition) is 4. The summed E-state index contributed by atoms with van der Waals surface area (Å²) in [5.41, 5.74) is 16.1. The van der Waals surface area contributed by atoms with E-state index in [1.54, 1.807) is 6.20 Å². The highest BCUT2D eigenvalue weighted by atomic mass is 16.5. The van der Waals surface area contributed by atoms with Gasteiger partial charge in [-0.2, -0.15) is 0 Å². The topological polar surface area (TPSA) is 115 Å². The molecule has 0 spiro atoms. The van der Waals surface area contributed by atoms with Crippen LogP contribution in [0.1, 0.15) is 12.0 Å². The molecule has 0 aliphatic heterocycles. The number of benzene rings is 3. The predicted molar refractivity (Wildman–Crippen MR) is 134 cm³/mol. The van der Waals surface area contributed by atoms with Gasteiger partial charge in [0.05, 0.1) is 6.61 Å². The maximum atomic E-state index is 12.2. The zero-order valence-electron chi connectivity index (χ0n) is 18.3. The second-order valence-electron chi connectivity index (χ2n) is 7.65. The molecule has 7 heteroatoms. The number of ether oxygens (including phenoxy) is 1. The number of carbonyl (C=O) groups excluding carboxylic acids is 1. The molecule has 1 heterocycles. The summed E-state index contributed by atoms with van der Waals surface area (Å²) in [5.74, 6) is 0.486. The van der Waals surface area contributed by atoms with E-state index in [0.717, 1.165) is 39.6 Å². The first kappa shape index (κ1) is 22.3. The van der Waals surface area contributed by atoms with E-state index in [2.05, 4.69) is 21.7 Å². The normalized spacial score (nSPS) is 10.8. The van der Waals surface area contributed by atoms with E-state index in [4.69, 9.17) is 16.2 Å². The summed E-state index contributed by atoms with van der Waals surface area (Å²) in [6, 6.07) is 22.7. The van der Waals surface area contributed by atoms with Gasteiger partial charge in [0.1, 0.15) is 5.82 Å². The number of para-hydroxylation sites is 1. The number of rotatable bonds is 8. The predicted octanol–water partition coefficient (Wildman–Crippen LogP) is 4.99. The minimum Gasteiger partial charge on any atom is -0.383 e. The van der Waals surface area contributed by atoms with E-state index in [-0.39, 0.29) is 6.03 Å². The van der Waals surface area contributed by atoms with Gasteiger partial charge in [-0.1, -0.05) is 42.5 Å². The number of nitrogen functional groups attached to an aromatic ring is 1. The first-order valence-corrected chi connectivity index (χ1v) is 10.8. The lowest BCUT2D eigenvalue weighted by molar-refractivity contribution is 0.120. The number of pyridine rings is 1. The van der Waals surface area contributed by atoms with Crippen LogP contribution >= 0.6 is 0 Å². The molecule has 7 nitrogen and oxygen atoms in total.